The van der Waals surface area contributed by atoms with Gasteiger partial charge in [0, 0.05) is 5.69 Å². The van der Waals surface area contributed by atoms with Crippen molar-refractivity contribution >= 4 is 57.7 Å². The summed E-state index contributed by atoms with van der Waals surface area (Å²) in [5, 5.41) is 12.2. The average molecular weight is 411 g/mol. The molecule has 2 aromatic carbocycles. The SMILES string of the molecule is Cc1ccc2c(c1)c(=O)[nH]c1c(C(=O)Nc3cccc(C(=O)O)c3)sc(=S)n12. The van der Waals surface area contributed by atoms with E-state index in [0.717, 1.165) is 16.9 Å². The number of amides is 1. The quantitative estimate of drug-likeness (QED) is 0.445. The molecule has 0 saturated heterocycles. The summed E-state index contributed by atoms with van der Waals surface area (Å²) in [6, 6.07) is 11.4. The van der Waals surface area contributed by atoms with E-state index in [1.807, 2.05) is 13.0 Å². The largest absolute Gasteiger partial charge is 0.478 e. The van der Waals surface area contributed by atoms with Crippen molar-refractivity contribution in [1.29, 1.82) is 0 Å². The van der Waals surface area contributed by atoms with Crippen LogP contribution < -0.4 is 10.9 Å². The van der Waals surface area contributed by atoms with Gasteiger partial charge in [-0.2, -0.15) is 0 Å². The minimum absolute atomic E-state index is 0.0574. The monoisotopic (exact) mass is 411 g/mol. The molecule has 0 spiro atoms. The van der Waals surface area contributed by atoms with Crippen LogP contribution in [0.3, 0.4) is 0 Å². The maximum Gasteiger partial charge on any atom is 0.335 e. The number of nitrogens with one attached hydrogen (secondary N) is 2. The molecule has 0 aliphatic carbocycles. The lowest BCUT2D eigenvalue weighted by Crippen LogP contribution is -2.15. The Hall–Kier alpha value is -3.30. The predicted molar refractivity (Wildman–Crippen MR) is 110 cm³/mol. The number of carbonyl (C=O) groups is 2. The van der Waals surface area contributed by atoms with Gasteiger partial charge in [-0.3, -0.25) is 14.0 Å². The number of hydrogen-bond donors (Lipinski definition) is 3. The highest BCUT2D eigenvalue weighted by Crippen LogP contribution is 2.24. The minimum atomic E-state index is -1.09. The van der Waals surface area contributed by atoms with Crippen LogP contribution in [0.25, 0.3) is 16.6 Å². The van der Waals surface area contributed by atoms with Gasteiger partial charge < -0.3 is 15.4 Å². The average Bonchev–Trinajstić information content (AvgIpc) is 2.98. The summed E-state index contributed by atoms with van der Waals surface area (Å²) in [7, 11) is 0. The minimum Gasteiger partial charge on any atom is -0.478 e. The van der Waals surface area contributed by atoms with E-state index in [4.69, 9.17) is 17.3 Å². The molecule has 140 valence electrons. The number of benzene rings is 2. The van der Waals surface area contributed by atoms with Gasteiger partial charge in [0.05, 0.1) is 16.5 Å². The van der Waals surface area contributed by atoms with Gasteiger partial charge in [-0.25, -0.2) is 4.79 Å². The molecule has 0 fully saturated rings. The van der Waals surface area contributed by atoms with Crippen molar-refractivity contribution in [3.05, 3.63) is 72.8 Å². The Kier molecular flexibility index (Phi) is 4.33. The van der Waals surface area contributed by atoms with Crippen LogP contribution in [0.2, 0.25) is 0 Å². The van der Waals surface area contributed by atoms with Gasteiger partial charge in [0.2, 0.25) is 0 Å². The molecule has 0 atom stereocenters. The van der Waals surface area contributed by atoms with Gasteiger partial charge in [-0.05, 0) is 49.5 Å². The number of rotatable bonds is 3. The summed E-state index contributed by atoms with van der Waals surface area (Å²) >= 11 is 6.49. The zero-order valence-electron chi connectivity index (χ0n) is 14.5. The molecule has 2 aromatic heterocycles. The summed E-state index contributed by atoms with van der Waals surface area (Å²) in [6.45, 7) is 1.89. The van der Waals surface area contributed by atoms with E-state index in [1.54, 1.807) is 22.6 Å². The molecule has 9 heteroatoms. The maximum atomic E-state index is 12.8. The highest BCUT2D eigenvalue weighted by atomic mass is 32.1. The summed E-state index contributed by atoms with van der Waals surface area (Å²) < 4.78 is 2.09. The lowest BCUT2D eigenvalue weighted by atomic mass is 10.1. The van der Waals surface area contributed by atoms with Crippen LogP contribution in [0, 0.1) is 10.9 Å². The highest BCUT2D eigenvalue weighted by molar-refractivity contribution is 7.73. The van der Waals surface area contributed by atoms with E-state index in [1.165, 1.54) is 18.2 Å². The van der Waals surface area contributed by atoms with Crippen LogP contribution in [-0.4, -0.2) is 26.4 Å². The van der Waals surface area contributed by atoms with Gasteiger partial charge in [-0.15, -0.1) is 0 Å². The molecule has 1 amide bonds. The first kappa shape index (κ1) is 18.1. The summed E-state index contributed by atoms with van der Waals surface area (Å²) in [6.07, 6.45) is 0. The van der Waals surface area contributed by atoms with Crippen LogP contribution in [0.15, 0.2) is 47.3 Å². The standard InChI is InChI=1S/C19H13N3O4S2/c1-9-5-6-13-12(7-9)16(23)21-15-14(28-19(27)22(13)15)17(24)20-11-4-2-3-10(8-11)18(25)26/h2-8H,1H3,(H,20,24)(H,21,23)(H,25,26). The second-order valence-corrected chi connectivity index (χ2v) is 7.84. The molecular formula is C19H13N3O4S2. The third kappa shape index (κ3) is 3.00. The number of hydrogen-bond acceptors (Lipinski definition) is 5. The molecule has 7 nitrogen and oxygen atoms in total. The number of H-pyrrole nitrogens is 1. The van der Waals surface area contributed by atoms with Crippen molar-refractivity contribution in [2.45, 2.75) is 6.92 Å². The Bertz CT molecular complexity index is 1400. The molecule has 0 bridgehead atoms. The second-order valence-electron chi connectivity index (χ2n) is 6.20. The summed E-state index contributed by atoms with van der Waals surface area (Å²) in [5.41, 5.74) is 1.95. The number of carboxylic acid groups (broad SMARTS) is 1. The van der Waals surface area contributed by atoms with E-state index in [9.17, 15) is 14.4 Å². The van der Waals surface area contributed by atoms with E-state index in [2.05, 4.69) is 10.3 Å². The zero-order valence-corrected chi connectivity index (χ0v) is 16.1. The van der Waals surface area contributed by atoms with E-state index in [0.29, 0.717) is 26.2 Å². The fourth-order valence-corrected chi connectivity index (χ4v) is 4.26. The maximum absolute atomic E-state index is 12.8. The van der Waals surface area contributed by atoms with Gasteiger partial charge >= 0.3 is 5.97 Å². The van der Waals surface area contributed by atoms with Crippen molar-refractivity contribution in [1.82, 2.24) is 9.38 Å². The number of carboxylic acids is 1. The molecule has 0 aliphatic heterocycles. The van der Waals surface area contributed by atoms with Crippen LogP contribution in [0.4, 0.5) is 5.69 Å². The fraction of sp³-hybridized carbons (Fsp3) is 0.0526. The van der Waals surface area contributed by atoms with Gasteiger partial charge in [-0.1, -0.05) is 29.0 Å². The van der Waals surface area contributed by atoms with Gasteiger partial charge in [0.25, 0.3) is 11.5 Å². The lowest BCUT2D eigenvalue weighted by Gasteiger charge is -2.06. The van der Waals surface area contributed by atoms with Crippen molar-refractivity contribution in [2.75, 3.05) is 5.32 Å². The third-order valence-corrected chi connectivity index (χ3v) is 5.63. The number of aromatic nitrogens is 2. The van der Waals surface area contributed by atoms with Gasteiger partial charge in [0.1, 0.15) is 10.5 Å². The molecule has 3 N–H and O–H groups in total. The van der Waals surface area contributed by atoms with Crippen molar-refractivity contribution in [3.8, 4) is 0 Å². The Morgan fingerprint density at radius 2 is 2.00 bits per heavy atom. The molecule has 28 heavy (non-hydrogen) atoms. The van der Waals surface area contributed by atoms with Crippen LogP contribution in [-0.2, 0) is 0 Å². The first-order chi connectivity index (χ1) is 13.3. The first-order valence-electron chi connectivity index (χ1n) is 8.18. The highest BCUT2D eigenvalue weighted by Gasteiger charge is 2.18. The fourth-order valence-electron chi connectivity index (χ4n) is 2.98. The third-order valence-electron chi connectivity index (χ3n) is 4.25. The number of nitrogens with zero attached hydrogens (tertiary/aromatic N) is 1. The van der Waals surface area contributed by atoms with Crippen LogP contribution in [0.5, 0.6) is 0 Å². The Morgan fingerprint density at radius 1 is 1.21 bits per heavy atom. The summed E-state index contributed by atoms with van der Waals surface area (Å²) in [4.78, 5) is 39.4. The lowest BCUT2D eigenvalue weighted by molar-refractivity contribution is 0.0696. The van der Waals surface area contributed by atoms with E-state index < -0.39 is 11.9 Å². The number of fused-ring (bicyclic) bond motifs is 3. The summed E-state index contributed by atoms with van der Waals surface area (Å²) in [5.74, 6) is -1.57. The second kappa shape index (κ2) is 6.70. The van der Waals surface area contributed by atoms with Crippen LogP contribution in [0.1, 0.15) is 25.6 Å². The molecule has 4 rings (SSSR count). The molecule has 0 saturated carbocycles. The molecule has 2 heterocycles. The first-order valence-corrected chi connectivity index (χ1v) is 9.40. The van der Waals surface area contributed by atoms with Crippen molar-refractivity contribution in [2.24, 2.45) is 0 Å². The zero-order chi connectivity index (χ0) is 20.0. The smallest absolute Gasteiger partial charge is 0.335 e. The number of carbonyl (C=O) groups excluding carboxylic acids is 1. The molecule has 0 aliphatic rings. The molecule has 0 radical (unpaired) electrons. The van der Waals surface area contributed by atoms with Crippen LogP contribution >= 0.6 is 23.6 Å². The Morgan fingerprint density at radius 3 is 2.75 bits per heavy atom. The number of aromatic amines is 1. The topological polar surface area (TPSA) is 104 Å². The van der Waals surface area contributed by atoms with Crippen molar-refractivity contribution < 1.29 is 14.7 Å². The molecule has 4 aromatic rings. The Labute approximate surface area is 166 Å². The van der Waals surface area contributed by atoms with Crippen molar-refractivity contribution in [3.63, 3.8) is 0 Å². The number of thiazole rings is 1. The molecular weight excluding hydrogens is 398 g/mol. The molecule has 0 unspecified atom stereocenters. The van der Waals surface area contributed by atoms with E-state index >= 15 is 0 Å². The number of aryl methyl sites for hydroxylation is 1. The Balaban J connectivity index is 1.84. The number of anilines is 1. The normalized spacial score (nSPS) is 11.0. The predicted octanol–water partition coefficient (Wildman–Crippen LogP) is 3.83. The number of aromatic carboxylic acids is 1. The van der Waals surface area contributed by atoms with E-state index in [-0.39, 0.29) is 16.0 Å². The van der Waals surface area contributed by atoms with Gasteiger partial charge in [0.15, 0.2) is 3.95 Å².